The van der Waals surface area contributed by atoms with Gasteiger partial charge < -0.3 is 11.5 Å². The number of fused-ring (bicyclic) bond motifs is 2. The lowest BCUT2D eigenvalue weighted by Crippen LogP contribution is -2.37. The van der Waals surface area contributed by atoms with Crippen molar-refractivity contribution in [2.45, 2.75) is 58.8 Å². The smallest absolute Gasteiger partial charge is 0.0319 e. The maximum atomic E-state index is 6.15. The molecule has 2 fully saturated rings. The SMILES string of the molecule is Cc1cc(N)cc(C)c1C1(c2c(C)cc(N)cc2C)CC2CCC1C2. The summed E-state index contributed by atoms with van der Waals surface area (Å²) in [6, 6.07) is 8.66. The van der Waals surface area contributed by atoms with Crippen molar-refractivity contribution in [1.29, 1.82) is 0 Å². The summed E-state index contributed by atoms with van der Waals surface area (Å²) in [6.07, 6.45) is 5.38. The van der Waals surface area contributed by atoms with E-state index in [1.807, 2.05) is 0 Å². The van der Waals surface area contributed by atoms with Crippen LogP contribution < -0.4 is 11.5 Å². The first kappa shape index (κ1) is 16.5. The van der Waals surface area contributed by atoms with E-state index >= 15 is 0 Å². The summed E-state index contributed by atoms with van der Waals surface area (Å²) >= 11 is 0. The van der Waals surface area contributed by atoms with Gasteiger partial charge in [-0.25, -0.2) is 0 Å². The highest BCUT2D eigenvalue weighted by molar-refractivity contribution is 5.61. The van der Waals surface area contributed by atoms with E-state index < -0.39 is 0 Å². The van der Waals surface area contributed by atoms with Crippen molar-refractivity contribution in [1.82, 2.24) is 0 Å². The van der Waals surface area contributed by atoms with Crippen LogP contribution in [0.4, 0.5) is 11.4 Å². The number of hydrogen-bond acceptors (Lipinski definition) is 2. The molecule has 2 aliphatic rings. The van der Waals surface area contributed by atoms with Crippen molar-refractivity contribution in [2.24, 2.45) is 11.8 Å². The van der Waals surface area contributed by atoms with Gasteiger partial charge in [0.2, 0.25) is 0 Å². The molecule has 4 N–H and O–H groups in total. The fourth-order valence-corrected chi connectivity index (χ4v) is 6.47. The van der Waals surface area contributed by atoms with Gasteiger partial charge in [0, 0.05) is 16.8 Å². The van der Waals surface area contributed by atoms with Gasteiger partial charge in [-0.15, -0.1) is 0 Å². The Kier molecular flexibility index (Phi) is 3.64. The molecule has 0 aromatic heterocycles. The second-order valence-electron chi connectivity index (χ2n) is 8.61. The molecule has 2 saturated carbocycles. The Hall–Kier alpha value is -1.96. The highest BCUT2D eigenvalue weighted by atomic mass is 14.6. The van der Waals surface area contributed by atoms with E-state index in [2.05, 4.69) is 52.0 Å². The molecule has 2 aromatic carbocycles. The number of nitrogen functional groups attached to an aromatic ring is 2. The van der Waals surface area contributed by atoms with Crippen LogP contribution in [0.5, 0.6) is 0 Å². The van der Waals surface area contributed by atoms with Gasteiger partial charge in [-0.3, -0.25) is 0 Å². The van der Waals surface area contributed by atoms with Crippen LogP contribution in [-0.4, -0.2) is 0 Å². The minimum atomic E-state index is 0.132. The summed E-state index contributed by atoms with van der Waals surface area (Å²) in [5.41, 5.74) is 22.6. The Morgan fingerprint density at radius 3 is 1.52 bits per heavy atom. The topological polar surface area (TPSA) is 52.0 Å². The minimum Gasteiger partial charge on any atom is -0.399 e. The standard InChI is InChI=1S/C23H30N2/c1-13-7-19(24)8-14(2)21(13)23(12-17-5-6-18(23)11-17)22-15(3)9-20(25)10-16(22)4/h7-10,17-18H,5-6,11-12,24-25H2,1-4H3. The lowest BCUT2D eigenvalue weighted by Gasteiger charge is -2.43. The van der Waals surface area contributed by atoms with Gasteiger partial charge in [0.15, 0.2) is 0 Å². The number of hydrogen-bond donors (Lipinski definition) is 2. The summed E-state index contributed by atoms with van der Waals surface area (Å²) < 4.78 is 0. The third-order valence-corrected chi connectivity index (χ3v) is 6.85. The molecular formula is C23H30N2. The molecule has 2 heteroatoms. The van der Waals surface area contributed by atoms with E-state index in [-0.39, 0.29) is 5.41 Å². The quantitative estimate of drug-likeness (QED) is 0.742. The summed E-state index contributed by atoms with van der Waals surface area (Å²) in [5, 5.41) is 0. The van der Waals surface area contributed by atoms with Crippen LogP contribution in [0.1, 0.15) is 59.1 Å². The molecule has 0 amide bonds. The van der Waals surface area contributed by atoms with Crippen LogP contribution in [0.3, 0.4) is 0 Å². The molecule has 0 aliphatic heterocycles. The van der Waals surface area contributed by atoms with Gasteiger partial charge in [-0.2, -0.15) is 0 Å². The van der Waals surface area contributed by atoms with Crippen LogP contribution in [0.2, 0.25) is 0 Å². The second kappa shape index (κ2) is 5.52. The monoisotopic (exact) mass is 334 g/mol. The molecule has 0 heterocycles. The molecule has 2 nitrogen and oxygen atoms in total. The van der Waals surface area contributed by atoms with Crippen molar-refractivity contribution in [3.05, 3.63) is 57.6 Å². The molecule has 2 bridgehead atoms. The molecule has 0 saturated heterocycles. The summed E-state index contributed by atoms with van der Waals surface area (Å²) in [5.74, 6) is 1.59. The maximum Gasteiger partial charge on any atom is 0.0319 e. The Morgan fingerprint density at radius 1 is 0.760 bits per heavy atom. The molecule has 0 radical (unpaired) electrons. The van der Waals surface area contributed by atoms with E-state index in [0.29, 0.717) is 0 Å². The van der Waals surface area contributed by atoms with Gasteiger partial charge in [0.1, 0.15) is 0 Å². The van der Waals surface area contributed by atoms with E-state index in [1.165, 1.54) is 59.1 Å². The molecule has 2 aromatic rings. The molecule has 2 atom stereocenters. The van der Waals surface area contributed by atoms with E-state index in [0.717, 1.165) is 23.2 Å². The Bertz CT molecular complexity index is 746. The largest absolute Gasteiger partial charge is 0.399 e. The van der Waals surface area contributed by atoms with Crippen molar-refractivity contribution < 1.29 is 0 Å². The lowest BCUT2D eigenvalue weighted by molar-refractivity contribution is 0.315. The number of rotatable bonds is 2. The highest BCUT2D eigenvalue weighted by Crippen LogP contribution is 2.62. The molecular weight excluding hydrogens is 304 g/mol. The Labute approximate surface area is 151 Å². The number of anilines is 2. The average Bonchev–Trinajstić information content (AvgIpc) is 3.06. The van der Waals surface area contributed by atoms with Gasteiger partial charge in [0.25, 0.3) is 0 Å². The maximum absolute atomic E-state index is 6.15. The first-order chi connectivity index (χ1) is 11.8. The predicted molar refractivity (Wildman–Crippen MR) is 107 cm³/mol. The lowest BCUT2D eigenvalue weighted by atomic mass is 9.60. The zero-order valence-corrected chi connectivity index (χ0v) is 15.9. The van der Waals surface area contributed by atoms with Crippen LogP contribution in [0, 0.1) is 39.5 Å². The summed E-state index contributed by atoms with van der Waals surface area (Å²) in [6.45, 7) is 8.98. The number of aryl methyl sites for hydroxylation is 4. The molecule has 2 aliphatic carbocycles. The van der Waals surface area contributed by atoms with Gasteiger partial charge in [0.05, 0.1) is 0 Å². The molecule has 132 valence electrons. The van der Waals surface area contributed by atoms with Crippen molar-refractivity contribution in [3.63, 3.8) is 0 Å². The van der Waals surface area contributed by atoms with E-state index in [9.17, 15) is 0 Å². The third kappa shape index (κ3) is 2.30. The first-order valence-corrected chi connectivity index (χ1v) is 9.57. The summed E-state index contributed by atoms with van der Waals surface area (Å²) in [7, 11) is 0. The fourth-order valence-electron chi connectivity index (χ4n) is 6.47. The van der Waals surface area contributed by atoms with Crippen molar-refractivity contribution in [3.8, 4) is 0 Å². The zero-order chi connectivity index (χ0) is 17.9. The number of benzene rings is 2. The minimum absolute atomic E-state index is 0.132. The van der Waals surface area contributed by atoms with Crippen LogP contribution in [-0.2, 0) is 5.41 Å². The van der Waals surface area contributed by atoms with Crippen molar-refractivity contribution >= 4 is 11.4 Å². The molecule has 0 spiro atoms. The number of nitrogens with two attached hydrogens (primary N) is 2. The van der Waals surface area contributed by atoms with Crippen molar-refractivity contribution in [2.75, 3.05) is 11.5 Å². The van der Waals surface area contributed by atoms with Gasteiger partial charge in [-0.05, 0) is 116 Å². The van der Waals surface area contributed by atoms with Crippen LogP contribution in [0.15, 0.2) is 24.3 Å². The average molecular weight is 335 g/mol. The zero-order valence-electron chi connectivity index (χ0n) is 15.9. The van der Waals surface area contributed by atoms with E-state index in [1.54, 1.807) is 0 Å². The first-order valence-electron chi connectivity index (χ1n) is 9.57. The predicted octanol–water partition coefficient (Wildman–Crippen LogP) is 5.19. The van der Waals surface area contributed by atoms with Gasteiger partial charge >= 0.3 is 0 Å². The normalized spacial score (nSPS) is 24.0. The highest BCUT2D eigenvalue weighted by Gasteiger charge is 2.54. The molecule has 25 heavy (non-hydrogen) atoms. The third-order valence-electron chi connectivity index (χ3n) is 6.85. The second-order valence-corrected chi connectivity index (χ2v) is 8.61. The van der Waals surface area contributed by atoms with Crippen LogP contribution >= 0.6 is 0 Å². The molecule has 4 rings (SSSR count). The van der Waals surface area contributed by atoms with E-state index in [4.69, 9.17) is 11.5 Å². The molecule has 2 unspecified atom stereocenters. The Morgan fingerprint density at radius 2 is 1.20 bits per heavy atom. The van der Waals surface area contributed by atoms with Crippen LogP contribution in [0.25, 0.3) is 0 Å². The van der Waals surface area contributed by atoms with Gasteiger partial charge in [-0.1, -0.05) is 6.42 Å². The fraction of sp³-hybridized carbons (Fsp3) is 0.478. The Balaban J connectivity index is 2.05. The summed E-state index contributed by atoms with van der Waals surface area (Å²) in [4.78, 5) is 0.